The van der Waals surface area contributed by atoms with Crippen molar-refractivity contribution in [3.63, 3.8) is 0 Å². The van der Waals surface area contributed by atoms with Crippen LogP contribution in [0.4, 0.5) is 10.5 Å². The smallest absolute Gasteiger partial charge is 0.319 e. The van der Waals surface area contributed by atoms with E-state index in [1.54, 1.807) is 6.07 Å². The van der Waals surface area contributed by atoms with Crippen LogP contribution in [0.25, 0.3) is 0 Å². The first kappa shape index (κ1) is 8.10. The van der Waals surface area contributed by atoms with Crippen molar-refractivity contribution in [2.45, 2.75) is 18.9 Å². The fourth-order valence-corrected chi connectivity index (χ4v) is 1.04. The molecule has 0 unspecified atom stereocenters. The van der Waals surface area contributed by atoms with E-state index in [4.69, 9.17) is 0 Å². The Kier molecular flexibility index (Phi) is 2.17. The molecule has 0 aliphatic heterocycles. The largest absolute Gasteiger partial charge is 0.335 e. The summed E-state index contributed by atoms with van der Waals surface area (Å²) >= 11 is 0. The Hall–Kier alpha value is -1.51. The highest BCUT2D eigenvalue weighted by molar-refractivity contribution is 5.89. The predicted octanol–water partition coefficient (Wildman–Crippen LogP) is 1.77. The molecule has 0 atom stereocenters. The maximum atomic E-state index is 11.2. The number of amides is 2. The van der Waals surface area contributed by atoms with Gasteiger partial charge in [-0.05, 0) is 18.9 Å². The van der Waals surface area contributed by atoms with Crippen LogP contribution in [0.5, 0.6) is 0 Å². The number of anilines is 1. The molecule has 3 heteroatoms. The molecule has 1 aromatic carbocycles. The quantitative estimate of drug-likeness (QED) is 0.706. The van der Waals surface area contributed by atoms with Gasteiger partial charge in [0.1, 0.15) is 0 Å². The molecule has 0 heterocycles. The van der Waals surface area contributed by atoms with Gasteiger partial charge in [-0.1, -0.05) is 18.2 Å². The minimum absolute atomic E-state index is 0.134. The van der Waals surface area contributed by atoms with Crippen LogP contribution in [0.3, 0.4) is 0 Å². The lowest BCUT2D eigenvalue weighted by molar-refractivity contribution is 0.251. The second kappa shape index (κ2) is 3.47. The van der Waals surface area contributed by atoms with Gasteiger partial charge < -0.3 is 10.6 Å². The molecule has 13 heavy (non-hydrogen) atoms. The second-order valence-corrected chi connectivity index (χ2v) is 3.15. The Balaban J connectivity index is 1.86. The Labute approximate surface area is 77.1 Å². The van der Waals surface area contributed by atoms with Crippen molar-refractivity contribution in [3.05, 3.63) is 30.3 Å². The molecule has 1 fully saturated rings. The van der Waals surface area contributed by atoms with Gasteiger partial charge in [0.15, 0.2) is 0 Å². The summed E-state index contributed by atoms with van der Waals surface area (Å²) in [5.41, 5.74) is 0.709. The van der Waals surface area contributed by atoms with Crippen LogP contribution in [0, 0.1) is 6.07 Å². The predicted molar refractivity (Wildman–Crippen MR) is 50.5 cm³/mol. The minimum atomic E-state index is -0.134. The van der Waals surface area contributed by atoms with E-state index in [2.05, 4.69) is 16.7 Å². The van der Waals surface area contributed by atoms with Crippen molar-refractivity contribution in [2.24, 2.45) is 0 Å². The zero-order chi connectivity index (χ0) is 9.10. The number of urea groups is 1. The molecule has 3 nitrogen and oxygen atoms in total. The van der Waals surface area contributed by atoms with Gasteiger partial charge in [-0.15, -0.1) is 0 Å². The van der Waals surface area contributed by atoms with Gasteiger partial charge in [-0.3, -0.25) is 0 Å². The van der Waals surface area contributed by atoms with Gasteiger partial charge in [0, 0.05) is 12.1 Å². The standard InChI is InChI=1S/C10H11N2O/c13-10(12-9-6-7-9)11-8-4-2-1-3-5-8/h1-4,9H,6-7H2,(H2,11,12,13). The number of carbonyl (C=O) groups excluding carboxylic acids is 1. The van der Waals surface area contributed by atoms with Crippen LogP contribution in [-0.2, 0) is 0 Å². The topological polar surface area (TPSA) is 41.1 Å². The molecule has 0 spiro atoms. The van der Waals surface area contributed by atoms with E-state index >= 15 is 0 Å². The SMILES string of the molecule is O=C(Nc1[c]cccc1)NC1CC1. The normalized spacial score (nSPS) is 15.1. The summed E-state index contributed by atoms with van der Waals surface area (Å²) in [6.07, 6.45) is 2.21. The number of benzene rings is 1. The molecule has 2 rings (SSSR count). The third-order valence-corrected chi connectivity index (χ3v) is 1.87. The highest BCUT2D eigenvalue weighted by Gasteiger charge is 2.22. The van der Waals surface area contributed by atoms with E-state index in [0.717, 1.165) is 12.8 Å². The van der Waals surface area contributed by atoms with Crippen molar-refractivity contribution in [1.29, 1.82) is 0 Å². The zero-order valence-electron chi connectivity index (χ0n) is 7.21. The molecule has 1 aliphatic rings. The lowest BCUT2D eigenvalue weighted by atomic mass is 10.3. The summed E-state index contributed by atoms with van der Waals surface area (Å²) in [6, 6.07) is 10.5. The summed E-state index contributed by atoms with van der Waals surface area (Å²) in [6.45, 7) is 0. The van der Waals surface area contributed by atoms with E-state index in [0.29, 0.717) is 11.7 Å². The highest BCUT2D eigenvalue weighted by atomic mass is 16.2. The van der Waals surface area contributed by atoms with Crippen molar-refractivity contribution >= 4 is 11.7 Å². The maximum Gasteiger partial charge on any atom is 0.319 e. The molecule has 1 saturated carbocycles. The van der Waals surface area contributed by atoms with Crippen LogP contribution < -0.4 is 10.6 Å². The molecule has 2 amide bonds. The van der Waals surface area contributed by atoms with Crippen molar-refractivity contribution in [3.8, 4) is 0 Å². The fraction of sp³-hybridized carbons (Fsp3) is 0.300. The van der Waals surface area contributed by atoms with Gasteiger partial charge >= 0.3 is 6.03 Å². The number of nitrogens with one attached hydrogen (secondary N) is 2. The van der Waals surface area contributed by atoms with Crippen LogP contribution in [0.15, 0.2) is 24.3 Å². The molecule has 0 saturated heterocycles. The van der Waals surface area contributed by atoms with Crippen molar-refractivity contribution in [1.82, 2.24) is 5.32 Å². The molecule has 1 radical (unpaired) electrons. The lowest BCUT2D eigenvalue weighted by Crippen LogP contribution is -2.30. The van der Waals surface area contributed by atoms with E-state index in [1.165, 1.54) is 0 Å². The lowest BCUT2D eigenvalue weighted by Gasteiger charge is -2.04. The summed E-state index contributed by atoms with van der Waals surface area (Å²) in [4.78, 5) is 11.2. The third-order valence-electron chi connectivity index (χ3n) is 1.87. The molecule has 0 aromatic heterocycles. The van der Waals surface area contributed by atoms with Gasteiger partial charge in [0.2, 0.25) is 0 Å². The highest BCUT2D eigenvalue weighted by Crippen LogP contribution is 2.18. The first-order valence-electron chi connectivity index (χ1n) is 4.39. The number of hydrogen-bond acceptors (Lipinski definition) is 1. The molecule has 1 aliphatic carbocycles. The molecule has 0 bridgehead atoms. The van der Waals surface area contributed by atoms with Gasteiger partial charge in [-0.25, -0.2) is 4.79 Å². The van der Waals surface area contributed by atoms with Crippen molar-refractivity contribution < 1.29 is 4.79 Å². The summed E-state index contributed by atoms with van der Waals surface area (Å²) in [5.74, 6) is 0. The van der Waals surface area contributed by atoms with Crippen LogP contribution >= 0.6 is 0 Å². The molecule has 67 valence electrons. The zero-order valence-corrected chi connectivity index (χ0v) is 7.21. The first-order chi connectivity index (χ1) is 6.34. The van der Waals surface area contributed by atoms with E-state index in [1.807, 2.05) is 18.2 Å². The monoisotopic (exact) mass is 175 g/mol. The van der Waals surface area contributed by atoms with Gasteiger partial charge in [0.25, 0.3) is 0 Å². The Bertz CT molecular complexity index is 293. The Morgan fingerprint density at radius 3 is 2.92 bits per heavy atom. The summed E-state index contributed by atoms with van der Waals surface area (Å²) in [7, 11) is 0. The van der Waals surface area contributed by atoms with Gasteiger partial charge in [0.05, 0.1) is 5.69 Å². The molecule has 1 aromatic rings. The van der Waals surface area contributed by atoms with Crippen molar-refractivity contribution in [2.75, 3.05) is 5.32 Å². The average molecular weight is 175 g/mol. The second-order valence-electron chi connectivity index (χ2n) is 3.15. The summed E-state index contributed by atoms with van der Waals surface area (Å²) < 4.78 is 0. The fourth-order valence-electron chi connectivity index (χ4n) is 1.04. The number of hydrogen-bond donors (Lipinski definition) is 2. The van der Waals surface area contributed by atoms with E-state index in [-0.39, 0.29) is 6.03 Å². The van der Waals surface area contributed by atoms with Crippen LogP contribution in [-0.4, -0.2) is 12.1 Å². The Morgan fingerprint density at radius 1 is 1.46 bits per heavy atom. The molecular formula is C10H11N2O. The summed E-state index contributed by atoms with van der Waals surface area (Å²) in [5, 5.41) is 5.54. The maximum absolute atomic E-state index is 11.2. The molecule has 2 N–H and O–H groups in total. The minimum Gasteiger partial charge on any atom is -0.335 e. The van der Waals surface area contributed by atoms with Crippen LogP contribution in [0.2, 0.25) is 0 Å². The molecular weight excluding hydrogens is 164 g/mol. The van der Waals surface area contributed by atoms with Gasteiger partial charge in [-0.2, -0.15) is 0 Å². The average Bonchev–Trinajstić information content (AvgIpc) is 2.90. The first-order valence-corrected chi connectivity index (χ1v) is 4.39. The van der Waals surface area contributed by atoms with Crippen LogP contribution in [0.1, 0.15) is 12.8 Å². The Morgan fingerprint density at radius 2 is 2.31 bits per heavy atom. The number of carbonyl (C=O) groups is 1. The number of para-hydroxylation sites is 1. The third kappa shape index (κ3) is 2.47. The number of rotatable bonds is 2. The van der Waals surface area contributed by atoms with E-state index in [9.17, 15) is 4.79 Å². The van der Waals surface area contributed by atoms with E-state index < -0.39 is 0 Å².